The summed E-state index contributed by atoms with van der Waals surface area (Å²) in [4.78, 5) is 8.69. The zero-order valence-electron chi connectivity index (χ0n) is 12.3. The number of hydrogen-bond donors (Lipinski definition) is 2. The Bertz CT molecular complexity index is 458. The molecule has 1 aromatic heterocycles. The molecule has 2 unspecified atom stereocenters. The molecule has 1 heterocycles. The van der Waals surface area contributed by atoms with E-state index in [1.807, 2.05) is 24.8 Å². The van der Waals surface area contributed by atoms with Crippen LogP contribution in [-0.2, 0) is 11.3 Å². The molecule has 0 aliphatic heterocycles. The van der Waals surface area contributed by atoms with Crippen LogP contribution in [0.15, 0.2) is 6.07 Å². The summed E-state index contributed by atoms with van der Waals surface area (Å²) in [6.07, 6.45) is 1.95. The van der Waals surface area contributed by atoms with Crippen LogP contribution < -0.4 is 5.32 Å². The van der Waals surface area contributed by atoms with E-state index in [-0.39, 0.29) is 0 Å². The Morgan fingerprint density at radius 1 is 1.55 bits per heavy atom. The minimum Gasteiger partial charge on any atom is -0.387 e. The van der Waals surface area contributed by atoms with Crippen LogP contribution in [0, 0.1) is 6.92 Å². The number of hydrogen-bond acceptors (Lipinski definition) is 6. The lowest BCUT2D eigenvalue weighted by Gasteiger charge is -2.45. The first-order valence-electron chi connectivity index (χ1n) is 6.98. The smallest absolute Gasteiger partial charge is 0.156 e. The molecule has 112 valence electrons. The molecule has 0 radical (unpaired) electrons. The highest BCUT2D eigenvalue weighted by molar-refractivity contribution is 8.00. The van der Waals surface area contributed by atoms with Gasteiger partial charge in [-0.25, -0.2) is 9.97 Å². The van der Waals surface area contributed by atoms with Crippen molar-refractivity contribution < 1.29 is 9.84 Å². The minimum atomic E-state index is -0.610. The number of aliphatic hydroxyl groups is 1. The second-order valence-corrected chi connectivity index (χ2v) is 6.66. The first-order chi connectivity index (χ1) is 9.57. The largest absolute Gasteiger partial charge is 0.387 e. The standard InChI is InChI=1S/C14H23N3O2S/c1-4-20-11-5-6-14(11,18)9-15-12-7-10(2)16-13(17-12)8-19-3/h7,11,18H,4-6,8-9H2,1-3H3,(H,15,16,17). The van der Waals surface area contributed by atoms with Gasteiger partial charge in [-0.2, -0.15) is 11.8 Å². The number of rotatable bonds is 7. The van der Waals surface area contributed by atoms with Gasteiger partial charge >= 0.3 is 0 Å². The summed E-state index contributed by atoms with van der Waals surface area (Å²) in [7, 11) is 1.63. The molecule has 0 amide bonds. The van der Waals surface area contributed by atoms with Crippen LogP contribution in [0.3, 0.4) is 0 Å². The second-order valence-electron chi connectivity index (χ2n) is 5.18. The van der Waals surface area contributed by atoms with Gasteiger partial charge in [0.05, 0.1) is 5.60 Å². The number of methoxy groups -OCH3 is 1. The molecular formula is C14H23N3O2S. The van der Waals surface area contributed by atoms with Gasteiger partial charge in [-0.15, -0.1) is 0 Å². The van der Waals surface area contributed by atoms with E-state index in [0.717, 1.165) is 30.1 Å². The maximum absolute atomic E-state index is 10.6. The van der Waals surface area contributed by atoms with Crippen molar-refractivity contribution in [1.29, 1.82) is 0 Å². The molecule has 20 heavy (non-hydrogen) atoms. The molecule has 6 heteroatoms. The maximum atomic E-state index is 10.6. The third kappa shape index (κ3) is 3.62. The minimum absolute atomic E-state index is 0.335. The Labute approximate surface area is 124 Å². The summed E-state index contributed by atoms with van der Waals surface area (Å²) in [5.74, 6) is 2.46. The zero-order valence-corrected chi connectivity index (χ0v) is 13.2. The molecule has 0 aromatic carbocycles. The predicted octanol–water partition coefficient (Wildman–Crippen LogP) is 1.99. The average Bonchev–Trinajstić information content (AvgIpc) is 2.41. The Morgan fingerprint density at radius 2 is 2.35 bits per heavy atom. The van der Waals surface area contributed by atoms with E-state index in [1.54, 1.807) is 7.11 Å². The van der Waals surface area contributed by atoms with Gasteiger partial charge in [0.1, 0.15) is 12.4 Å². The van der Waals surface area contributed by atoms with Crippen molar-refractivity contribution in [3.63, 3.8) is 0 Å². The molecule has 1 saturated carbocycles. The van der Waals surface area contributed by atoms with Gasteiger partial charge in [0.2, 0.25) is 0 Å². The van der Waals surface area contributed by atoms with E-state index in [0.29, 0.717) is 24.2 Å². The molecule has 2 atom stereocenters. The normalized spacial score (nSPS) is 25.3. The van der Waals surface area contributed by atoms with E-state index in [2.05, 4.69) is 22.2 Å². The Morgan fingerprint density at radius 3 is 2.95 bits per heavy atom. The molecule has 0 bridgehead atoms. The molecular weight excluding hydrogens is 274 g/mol. The van der Waals surface area contributed by atoms with Gasteiger partial charge in [0.15, 0.2) is 5.82 Å². The quantitative estimate of drug-likeness (QED) is 0.802. The summed E-state index contributed by atoms with van der Waals surface area (Å²) in [6, 6.07) is 1.89. The van der Waals surface area contributed by atoms with E-state index in [9.17, 15) is 5.11 Å². The zero-order chi connectivity index (χ0) is 14.6. The molecule has 5 nitrogen and oxygen atoms in total. The molecule has 2 rings (SSSR count). The maximum Gasteiger partial charge on any atom is 0.156 e. The SMILES string of the molecule is CCSC1CCC1(O)CNc1cc(C)nc(COC)n1. The van der Waals surface area contributed by atoms with Crippen molar-refractivity contribution in [2.75, 3.05) is 24.7 Å². The van der Waals surface area contributed by atoms with Crippen molar-refractivity contribution in [2.24, 2.45) is 0 Å². The Hall–Kier alpha value is -0.850. The number of ether oxygens (including phenoxy) is 1. The summed E-state index contributed by atoms with van der Waals surface area (Å²) in [5, 5.41) is 14.1. The highest BCUT2D eigenvalue weighted by Gasteiger charge is 2.44. The fraction of sp³-hybridized carbons (Fsp3) is 0.714. The van der Waals surface area contributed by atoms with Gasteiger partial charge < -0.3 is 15.2 Å². The summed E-state index contributed by atoms with van der Waals surface area (Å²) < 4.78 is 5.06. The van der Waals surface area contributed by atoms with Crippen LogP contribution in [0.1, 0.15) is 31.3 Å². The predicted molar refractivity (Wildman–Crippen MR) is 82.1 cm³/mol. The third-order valence-electron chi connectivity index (χ3n) is 3.56. The highest BCUT2D eigenvalue weighted by Crippen LogP contribution is 2.41. The van der Waals surface area contributed by atoms with E-state index >= 15 is 0 Å². The molecule has 1 aromatic rings. The average molecular weight is 297 g/mol. The third-order valence-corrected chi connectivity index (χ3v) is 4.97. The van der Waals surface area contributed by atoms with E-state index in [1.165, 1.54) is 0 Å². The molecule has 1 aliphatic carbocycles. The van der Waals surface area contributed by atoms with Crippen LogP contribution in [-0.4, -0.2) is 45.3 Å². The number of aromatic nitrogens is 2. The number of anilines is 1. The van der Waals surface area contributed by atoms with Crippen molar-refractivity contribution >= 4 is 17.6 Å². The number of thioether (sulfide) groups is 1. The van der Waals surface area contributed by atoms with Crippen molar-refractivity contribution in [3.8, 4) is 0 Å². The fourth-order valence-electron chi connectivity index (χ4n) is 2.40. The Kier molecular flexibility index (Phi) is 5.23. The first kappa shape index (κ1) is 15.5. The summed E-state index contributed by atoms with van der Waals surface area (Å²) >= 11 is 1.83. The first-order valence-corrected chi connectivity index (χ1v) is 8.03. The van der Waals surface area contributed by atoms with Gasteiger partial charge in [0.25, 0.3) is 0 Å². The fourth-order valence-corrected chi connectivity index (χ4v) is 3.59. The summed E-state index contributed by atoms with van der Waals surface area (Å²) in [6.45, 7) is 4.99. The molecule has 1 aliphatic rings. The van der Waals surface area contributed by atoms with Crippen LogP contribution in [0.5, 0.6) is 0 Å². The van der Waals surface area contributed by atoms with Gasteiger partial charge in [-0.1, -0.05) is 6.92 Å². The van der Waals surface area contributed by atoms with Crippen LogP contribution in [0.4, 0.5) is 5.82 Å². The van der Waals surface area contributed by atoms with E-state index in [4.69, 9.17) is 4.74 Å². The van der Waals surface area contributed by atoms with Crippen LogP contribution in [0.2, 0.25) is 0 Å². The molecule has 2 N–H and O–H groups in total. The van der Waals surface area contributed by atoms with E-state index < -0.39 is 5.60 Å². The number of nitrogens with zero attached hydrogens (tertiary/aromatic N) is 2. The topological polar surface area (TPSA) is 67.3 Å². The Balaban J connectivity index is 1.96. The molecule has 0 spiro atoms. The van der Waals surface area contributed by atoms with Crippen molar-refractivity contribution in [1.82, 2.24) is 9.97 Å². The number of nitrogens with one attached hydrogen (secondary N) is 1. The van der Waals surface area contributed by atoms with Crippen molar-refractivity contribution in [3.05, 3.63) is 17.6 Å². The van der Waals surface area contributed by atoms with Gasteiger partial charge in [-0.3, -0.25) is 0 Å². The molecule has 0 saturated heterocycles. The second kappa shape index (κ2) is 6.74. The van der Waals surface area contributed by atoms with Gasteiger partial charge in [-0.05, 0) is 25.5 Å². The lowest BCUT2D eigenvalue weighted by atomic mass is 9.79. The van der Waals surface area contributed by atoms with Crippen LogP contribution >= 0.6 is 11.8 Å². The molecule has 1 fully saturated rings. The van der Waals surface area contributed by atoms with Gasteiger partial charge in [0, 0.05) is 30.7 Å². The lowest BCUT2D eigenvalue weighted by molar-refractivity contribution is -0.0120. The van der Waals surface area contributed by atoms with Crippen LogP contribution in [0.25, 0.3) is 0 Å². The number of aryl methyl sites for hydroxylation is 1. The highest BCUT2D eigenvalue weighted by atomic mass is 32.2. The van der Waals surface area contributed by atoms with Crippen molar-refractivity contribution in [2.45, 2.75) is 44.1 Å². The monoisotopic (exact) mass is 297 g/mol. The lowest BCUT2D eigenvalue weighted by Crippen LogP contribution is -2.54. The summed E-state index contributed by atoms with van der Waals surface area (Å²) in [5.41, 5.74) is 0.288.